The van der Waals surface area contributed by atoms with Crippen LogP contribution in [-0.4, -0.2) is 20.4 Å². The highest BCUT2D eigenvalue weighted by molar-refractivity contribution is 5.90. The van der Waals surface area contributed by atoms with Gasteiger partial charge in [-0.05, 0) is 18.6 Å². The highest BCUT2D eigenvalue weighted by Crippen LogP contribution is 2.05. The van der Waals surface area contributed by atoms with Crippen LogP contribution in [0.3, 0.4) is 0 Å². The Labute approximate surface area is 112 Å². The fourth-order valence-corrected chi connectivity index (χ4v) is 1.77. The van der Waals surface area contributed by atoms with Crippen molar-refractivity contribution < 1.29 is 4.79 Å². The number of carbonyl (C=O) groups is 1. The van der Waals surface area contributed by atoms with Gasteiger partial charge in [-0.3, -0.25) is 4.79 Å². The van der Waals surface area contributed by atoms with E-state index in [4.69, 9.17) is 0 Å². The first-order chi connectivity index (χ1) is 9.28. The molecular weight excluding hydrogens is 240 g/mol. The maximum absolute atomic E-state index is 11.7. The minimum atomic E-state index is 0.00000425. The predicted octanol–water partition coefficient (Wildman–Crippen LogP) is 2.26. The monoisotopic (exact) mass is 258 g/mol. The quantitative estimate of drug-likeness (QED) is 0.864. The first-order valence-electron chi connectivity index (χ1n) is 6.49. The van der Waals surface area contributed by atoms with Gasteiger partial charge < -0.3 is 9.88 Å². The molecule has 0 atom stereocenters. The van der Waals surface area contributed by atoms with Gasteiger partial charge in [0.15, 0.2) is 0 Å². The Balaban J connectivity index is 1.74. The summed E-state index contributed by atoms with van der Waals surface area (Å²) in [7, 11) is 0. The van der Waals surface area contributed by atoms with Gasteiger partial charge in [0, 0.05) is 31.8 Å². The van der Waals surface area contributed by atoms with Crippen molar-refractivity contribution >= 4 is 11.6 Å². The first-order valence-corrected chi connectivity index (χ1v) is 6.49. The summed E-state index contributed by atoms with van der Waals surface area (Å²) < 4.78 is 2.06. The average Bonchev–Trinajstić information content (AvgIpc) is 2.93. The zero-order chi connectivity index (χ0) is 13.5. The van der Waals surface area contributed by atoms with E-state index in [1.807, 2.05) is 31.5 Å². The Bertz CT molecular complexity index is 505. The number of nitrogens with zero attached hydrogens (tertiary/aromatic N) is 3. The molecule has 0 spiro atoms. The summed E-state index contributed by atoms with van der Waals surface area (Å²) in [5.74, 6) is 0.783. The third kappa shape index (κ3) is 4.21. The predicted molar refractivity (Wildman–Crippen MR) is 73.7 cm³/mol. The number of nitrogens with one attached hydrogen (secondary N) is 1. The Hall–Kier alpha value is -2.17. The first kappa shape index (κ1) is 13.3. The number of aryl methyl sites for hydroxylation is 2. The van der Waals surface area contributed by atoms with Gasteiger partial charge in [-0.1, -0.05) is 6.92 Å². The van der Waals surface area contributed by atoms with E-state index >= 15 is 0 Å². The van der Waals surface area contributed by atoms with Crippen molar-refractivity contribution in [3.05, 3.63) is 42.7 Å². The summed E-state index contributed by atoms with van der Waals surface area (Å²) in [6.45, 7) is 2.85. The standard InChI is InChI=1S/C14H18N4O/c1-2-13-15-10-12(11-16-13)17-14(19)6-5-9-18-7-3-4-8-18/h3-4,7-8,10-11H,2,5-6,9H2,1H3,(H,17,19). The summed E-state index contributed by atoms with van der Waals surface area (Å²) >= 11 is 0. The summed E-state index contributed by atoms with van der Waals surface area (Å²) in [5, 5.41) is 2.80. The van der Waals surface area contributed by atoms with E-state index in [0.717, 1.165) is 25.2 Å². The second kappa shape index (κ2) is 6.68. The molecule has 0 bridgehead atoms. The van der Waals surface area contributed by atoms with Crippen molar-refractivity contribution in [3.63, 3.8) is 0 Å². The Morgan fingerprint density at radius 2 is 1.95 bits per heavy atom. The van der Waals surface area contributed by atoms with Gasteiger partial charge in [0.2, 0.25) is 5.91 Å². The van der Waals surface area contributed by atoms with Crippen molar-refractivity contribution in [3.8, 4) is 0 Å². The zero-order valence-corrected chi connectivity index (χ0v) is 11.0. The summed E-state index contributed by atoms with van der Waals surface area (Å²) in [4.78, 5) is 20.0. The van der Waals surface area contributed by atoms with E-state index in [-0.39, 0.29) is 5.91 Å². The lowest BCUT2D eigenvalue weighted by Gasteiger charge is -2.05. The zero-order valence-electron chi connectivity index (χ0n) is 11.0. The van der Waals surface area contributed by atoms with Gasteiger partial charge in [-0.15, -0.1) is 0 Å². The second-order valence-electron chi connectivity index (χ2n) is 4.31. The third-order valence-corrected chi connectivity index (χ3v) is 2.79. The van der Waals surface area contributed by atoms with E-state index in [9.17, 15) is 4.79 Å². The number of hydrogen-bond donors (Lipinski definition) is 1. The van der Waals surface area contributed by atoms with Crippen LogP contribution in [0.4, 0.5) is 5.69 Å². The molecule has 2 heterocycles. The van der Waals surface area contributed by atoms with Gasteiger partial charge in [-0.25, -0.2) is 9.97 Å². The fourth-order valence-electron chi connectivity index (χ4n) is 1.77. The minimum absolute atomic E-state index is 0.00000425. The molecule has 100 valence electrons. The van der Waals surface area contributed by atoms with E-state index in [2.05, 4.69) is 19.9 Å². The van der Waals surface area contributed by atoms with Crippen LogP contribution in [0.5, 0.6) is 0 Å². The lowest BCUT2D eigenvalue weighted by molar-refractivity contribution is -0.116. The molecule has 0 unspecified atom stereocenters. The number of rotatable bonds is 6. The molecule has 2 rings (SSSR count). The molecule has 0 aliphatic carbocycles. The lowest BCUT2D eigenvalue weighted by Crippen LogP contribution is -2.13. The number of carbonyl (C=O) groups excluding carboxylic acids is 1. The minimum Gasteiger partial charge on any atom is -0.354 e. The summed E-state index contributed by atoms with van der Waals surface area (Å²) in [5.41, 5.74) is 0.656. The number of amides is 1. The van der Waals surface area contributed by atoms with E-state index < -0.39 is 0 Å². The van der Waals surface area contributed by atoms with E-state index in [0.29, 0.717) is 12.1 Å². The molecule has 5 nitrogen and oxygen atoms in total. The van der Waals surface area contributed by atoms with Crippen LogP contribution in [0, 0.1) is 0 Å². The van der Waals surface area contributed by atoms with Gasteiger partial charge in [0.25, 0.3) is 0 Å². The number of anilines is 1. The van der Waals surface area contributed by atoms with Crippen molar-refractivity contribution in [1.29, 1.82) is 0 Å². The van der Waals surface area contributed by atoms with Gasteiger partial charge in [0.1, 0.15) is 5.82 Å². The molecule has 0 radical (unpaired) electrons. The van der Waals surface area contributed by atoms with Crippen LogP contribution in [0.2, 0.25) is 0 Å². The molecule has 1 N–H and O–H groups in total. The molecule has 19 heavy (non-hydrogen) atoms. The summed E-state index contributed by atoms with van der Waals surface area (Å²) in [6.07, 6.45) is 9.39. The normalized spacial score (nSPS) is 10.4. The Kier molecular flexibility index (Phi) is 4.66. The fraction of sp³-hybridized carbons (Fsp3) is 0.357. The lowest BCUT2D eigenvalue weighted by atomic mass is 10.3. The van der Waals surface area contributed by atoms with Crippen molar-refractivity contribution in [2.75, 3.05) is 5.32 Å². The molecular formula is C14H18N4O. The van der Waals surface area contributed by atoms with Crippen LogP contribution in [0.15, 0.2) is 36.9 Å². The molecule has 0 aliphatic heterocycles. The van der Waals surface area contributed by atoms with Crippen molar-refractivity contribution in [2.24, 2.45) is 0 Å². The molecule has 0 saturated heterocycles. The van der Waals surface area contributed by atoms with Crippen LogP contribution >= 0.6 is 0 Å². The topological polar surface area (TPSA) is 59.8 Å². The average molecular weight is 258 g/mol. The highest BCUT2D eigenvalue weighted by atomic mass is 16.1. The molecule has 5 heteroatoms. The van der Waals surface area contributed by atoms with Gasteiger partial charge in [-0.2, -0.15) is 0 Å². The number of hydrogen-bond acceptors (Lipinski definition) is 3. The van der Waals surface area contributed by atoms with Gasteiger partial charge >= 0.3 is 0 Å². The maximum atomic E-state index is 11.7. The molecule has 1 amide bonds. The summed E-state index contributed by atoms with van der Waals surface area (Å²) in [6, 6.07) is 3.96. The van der Waals surface area contributed by atoms with E-state index in [1.165, 1.54) is 0 Å². The van der Waals surface area contributed by atoms with Crippen LogP contribution < -0.4 is 5.32 Å². The molecule has 2 aromatic heterocycles. The largest absolute Gasteiger partial charge is 0.354 e. The maximum Gasteiger partial charge on any atom is 0.224 e. The van der Waals surface area contributed by atoms with Crippen LogP contribution in [0.25, 0.3) is 0 Å². The van der Waals surface area contributed by atoms with Crippen LogP contribution in [0.1, 0.15) is 25.6 Å². The smallest absolute Gasteiger partial charge is 0.224 e. The number of aromatic nitrogens is 3. The SMILES string of the molecule is CCc1ncc(NC(=O)CCCn2cccc2)cn1. The highest BCUT2D eigenvalue weighted by Gasteiger charge is 2.03. The molecule has 0 fully saturated rings. The second-order valence-corrected chi connectivity index (χ2v) is 4.31. The Morgan fingerprint density at radius 3 is 2.58 bits per heavy atom. The molecule has 0 saturated carbocycles. The molecule has 2 aromatic rings. The van der Waals surface area contributed by atoms with Crippen LogP contribution in [-0.2, 0) is 17.8 Å². The third-order valence-electron chi connectivity index (χ3n) is 2.79. The van der Waals surface area contributed by atoms with Crippen molar-refractivity contribution in [2.45, 2.75) is 32.7 Å². The Morgan fingerprint density at radius 1 is 1.26 bits per heavy atom. The van der Waals surface area contributed by atoms with Crippen molar-refractivity contribution in [1.82, 2.24) is 14.5 Å². The van der Waals surface area contributed by atoms with Gasteiger partial charge in [0.05, 0.1) is 18.1 Å². The molecule has 0 aliphatic rings. The van der Waals surface area contributed by atoms with E-state index in [1.54, 1.807) is 12.4 Å². The molecule has 0 aromatic carbocycles.